The number of hydrogen-bond donors (Lipinski definition) is 1. The van der Waals surface area contributed by atoms with Crippen LogP contribution in [-0.2, 0) is 22.6 Å². The van der Waals surface area contributed by atoms with Gasteiger partial charge in [0.1, 0.15) is 6.54 Å². The molecule has 0 heterocycles. The maximum absolute atomic E-state index is 12.5. The van der Waals surface area contributed by atoms with Gasteiger partial charge in [0, 0.05) is 19.2 Å². The summed E-state index contributed by atoms with van der Waals surface area (Å²) in [6.45, 7) is 8.02. The summed E-state index contributed by atoms with van der Waals surface area (Å²) >= 11 is 0. The van der Waals surface area contributed by atoms with Crippen molar-refractivity contribution in [3.05, 3.63) is 64.7 Å². The Bertz CT molecular complexity index is 751. The number of carbonyl (C=O) groups is 2. The van der Waals surface area contributed by atoms with Crippen molar-refractivity contribution >= 4 is 17.5 Å². The first-order valence-electron chi connectivity index (χ1n) is 8.60. The highest BCUT2D eigenvalue weighted by Gasteiger charge is 2.16. The summed E-state index contributed by atoms with van der Waals surface area (Å²) in [4.78, 5) is 26.0. The summed E-state index contributed by atoms with van der Waals surface area (Å²) in [5, 5.41) is 2.98. The molecule has 0 saturated heterocycles. The quantitative estimate of drug-likeness (QED) is 0.869. The molecule has 4 heteroatoms. The van der Waals surface area contributed by atoms with Crippen molar-refractivity contribution in [2.24, 2.45) is 0 Å². The Morgan fingerprint density at radius 3 is 2.32 bits per heavy atom. The van der Waals surface area contributed by atoms with Gasteiger partial charge in [-0.3, -0.25) is 9.59 Å². The zero-order valence-electron chi connectivity index (χ0n) is 15.4. The summed E-state index contributed by atoms with van der Waals surface area (Å²) in [6.07, 6.45) is 0.844. The first-order valence-corrected chi connectivity index (χ1v) is 8.60. The van der Waals surface area contributed by atoms with Crippen molar-refractivity contribution in [1.82, 2.24) is 4.90 Å². The van der Waals surface area contributed by atoms with Gasteiger partial charge in [-0.1, -0.05) is 55.0 Å². The van der Waals surface area contributed by atoms with Gasteiger partial charge in [-0.2, -0.15) is 0 Å². The van der Waals surface area contributed by atoms with E-state index in [9.17, 15) is 9.59 Å². The third kappa shape index (κ3) is 5.18. The van der Waals surface area contributed by atoms with Crippen molar-refractivity contribution < 1.29 is 9.59 Å². The first kappa shape index (κ1) is 18.7. The highest BCUT2D eigenvalue weighted by atomic mass is 16.2. The molecule has 25 heavy (non-hydrogen) atoms. The topological polar surface area (TPSA) is 49.4 Å². The SMILES string of the molecule is CCc1cccc(C)c1NC(=O)CN(Cc1ccc(C)cc1)C(C)=O. The zero-order valence-corrected chi connectivity index (χ0v) is 15.4. The van der Waals surface area contributed by atoms with Crippen LogP contribution in [0.15, 0.2) is 42.5 Å². The summed E-state index contributed by atoms with van der Waals surface area (Å²) in [7, 11) is 0. The van der Waals surface area contributed by atoms with Crippen molar-refractivity contribution in [1.29, 1.82) is 0 Å². The lowest BCUT2D eigenvalue weighted by molar-refractivity contribution is -0.133. The van der Waals surface area contributed by atoms with Crippen molar-refractivity contribution in [2.75, 3.05) is 11.9 Å². The van der Waals surface area contributed by atoms with Gasteiger partial charge in [0.15, 0.2) is 0 Å². The molecular formula is C21H26N2O2. The molecule has 0 spiro atoms. The van der Waals surface area contributed by atoms with Gasteiger partial charge in [0.2, 0.25) is 11.8 Å². The Hall–Kier alpha value is -2.62. The molecule has 0 aliphatic carbocycles. The molecular weight excluding hydrogens is 312 g/mol. The monoisotopic (exact) mass is 338 g/mol. The lowest BCUT2D eigenvalue weighted by atomic mass is 10.1. The van der Waals surface area contributed by atoms with E-state index in [2.05, 4.69) is 12.2 Å². The largest absolute Gasteiger partial charge is 0.329 e. The number of nitrogens with one attached hydrogen (secondary N) is 1. The number of para-hydroxylation sites is 1. The van der Waals surface area contributed by atoms with E-state index in [4.69, 9.17) is 0 Å². The molecule has 0 bridgehead atoms. The van der Waals surface area contributed by atoms with Crippen molar-refractivity contribution in [2.45, 2.75) is 40.7 Å². The maximum atomic E-state index is 12.5. The Balaban J connectivity index is 2.08. The molecule has 0 atom stereocenters. The molecule has 0 saturated carbocycles. The van der Waals surface area contributed by atoms with Gasteiger partial charge < -0.3 is 10.2 Å². The van der Waals surface area contributed by atoms with Crippen LogP contribution < -0.4 is 5.32 Å². The number of nitrogens with zero attached hydrogens (tertiary/aromatic N) is 1. The number of anilines is 1. The Morgan fingerprint density at radius 2 is 1.72 bits per heavy atom. The molecule has 2 aromatic rings. The fourth-order valence-corrected chi connectivity index (χ4v) is 2.75. The number of rotatable bonds is 6. The van der Waals surface area contributed by atoms with Crippen LogP contribution in [0.2, 0.25) is 0 Å². The Kier molecular flexibility index (Phi) is 6.34. The number of benzene rings is 2. The van der Waals surface area contributed by atoms with E-state index in [1.54, 1.807) is 4.90 Å². The molecule has 0 radical (unpaired) electrons. The minimum absolute atomic E-state index is 0.0424. The predicted octanol–water partition coefficient (Wildman–Crippen LogP) is 3.85. The van der Waals surface area contributed by atoms with Crippen LogP contribution in [0.25, 0.3) is 0 Å². The van der Waals surface area contributed by atoms with Gasteiger partial charge in [0.05, 0.1) is 0 Å². The van der Waals surface area contributed by atoms with Gasteiger partial charge in [-0.15, -0.1) is 0 Å². The van der Waals surface area contributed by atoms with Gasteiger partial charge in [-0.25, -0.2) is 0 Å². The predicted molar refractivity (Wildman–Crippen MR) is 101 cm³/mol. The minimum Gasteiger partial charge on any atom is -0.329 e. The second-order valence-electron chi connectivity index (χ2n) is 6.37. The molecule has 0 aliphatic heterocycles. The summed E-state index contributed by atoms with van der Waals surface area (Å²) in [6, 6.07) is 14.0. The third-order valence-corrected chi connectivity index (χ3v) is 4.28. The molecule has 0 fully saturated rings. The van der Waals surface area contributed by atoms with E-state index in [1.807, 2.05) is 56.3 Å². The molecule has 132 valence electrons. The molecule has 1 N–H and O–H groups in total. The summed E-state index contributed by atoms with van der Waals surface area (Å²) < 4.78 is 0. The van der Waals surface area contributed by atoms with Crippen molar-refractivity contribution in [3.63, 3.8) is 0 Å². The Morgan fingerprint density at radius 1 is 1.04 bits per heavy atom. The van der Waals surface area contributed by atoms with E-state index in [1.165, 1.54) is 12.5 Å². The molecule has 2 rings (SSSR count). The molecule has 4 nitrogen and oxygen atoms in total. The van der Waals surface area contributed by atoms with Crippen LogP contribution >= 0.6 is 0 Å². The lowest BCUT2D eigenvalue weighted by Gasteiger charge is -2.21. The van der Waals surface area contributed by atoms with E-state index >= 15 is 0 Å². The van der Waals surface area contributed by atoms with Crippen LogP contribution in [0.4, 0.5) is 5.69 Å². The Labute approximate surface area is 149 Å². The average molecular weight is 338 g/mol. The normalized spacial score (nSPS) is 10.4. The number of amides is 2. The summed E-state index contributed by atoms with van der Waals surface area (Å²) in [5.41, 5.74) is 5.16. The highest BCUT2D eigenvalue weighted by Crippen LogP contribution is 2.21. The molecule has 0 aliphatic rings. The minimum atomic E-state index is -0.175. The number of aryl methyl sites for hydroxylation is 3. The summed E-state index contributed by atoms with van der Waals surface area (Å²) in [5.74, 6) is -0.289. The second kappa shape index (κ2) is 8.47. The highest BCUT2D eigenvalue weighted by molar-refractivity contribution is 5.95. The van der Waals surface area contributed by atoms with E-state index < -0.39 is 0 Å². The van der Waals surface area contributed by atoms with E-state index in [0.29, 0.717) is 6.54 Å². The first-order chi connectivity index (χ1) is 11.9. The molecule has 0 aromatic heterocycles. The number of hydrogen-bond acceptors (Lipinski definition) is 2. The fraction of sp³-hybridized carbons (Fsp3) is 0.333. The van der Waals surface area contributed by atoms with Crippen LogP contribution in [0.1, 0.15) is 36.1 Å². The van der Waals surface area contributed by atoms with Crippen molar-refractivity contribution in [3.8, 4) is 0 Å². The van der Waals surface area contributed by atoms with Crippen LogP contribution in [-0.4, -0.2) is 23.3 Å². The lowest BCUT2D eigenvalue weighted by Crippen LogP contribution is -2.36. The third-order valence-electron chi connectivity index (χ3n) is 4.28. The maximum Gasteiger partial charge on any atom is 0.244 e. The van der Waals surface area contributed by atoms with Crippen LogP contribution in [0.5, 0.6) is 0 Å². The molecule has 2 aromatic carbocycles. The van der Waals surface area contributed by atoms with Gasteiger partial charge in [0.25, 0.3) is 0 Å². The van der Waals surface area contributed by atoms with E-state index in [-0.39, 0.29) is 18.4 Å². The van der Waals surface area contributed by atoms with Crippen LogP contribution in [0.3, 0.4) is 0 Å². The van der Waals surface area contributed by atoms with Gasteiger partial charge in [-0.05, 0) is 37.0 Å². The van der Waals surface area contributed by atoms with E-state index in [0.717, 1.165) is 28.8 Å². The van der Waals surface area contributed by atoms with Gasteiger partial charge >= 0.3 is 0 Å². The fourth-order valence-electron chi connectivity index (χ4n) is 2.75. The standard InChI is InChI=1S/C21H26N2O2/c1-5-19-8-6-7-16(3)21(19)22-20(25)14-23(17(4)24)13-18-11-9-15(2)10-12-18/h6-12H,5,13-14H2,1-4H3,(H,22,25). The zero-order chi connectivity index (χ0) is 18.4. The number of carbonyl (C=O) groups excluding carboxylic acids is 2. The smallest absolute Gasteiger partial charge is 0.244 e. The second-order valence-corrected chi connectivity index (χ2v) is 6.37. The van der Waals surface area contributed by atoms with Crippen LogP contribution in [0, 0.1) is 13.8 Å². The molecule has 2 amide bonds. The average Bonchev–Trinajstić information content (AvgIpc) is 2.58. The molecule has 0 unspecified atom stereocenters.